The summed E-state index contributed by atoms with van der Waals surface area (Å²) < 4.78 is 86.1. The molecule has 3 heterocycles. The molecule has 2 N–H and O–H groups in total. The Morgan fingerprint density at radius 1 is 0.970 bits per heavy atom. The van der Waals surface area contributed by atoms with E-state index in [9.17, 15) is 31.1 Å². The van der Waals surface area contributed by atoms with E-state index in [1.165, 1.54) is 54.9 Å². The second-order valence-corrected chi connectivity index (χ2v) is 7.47. The van der Waals surface area contributed by atoms with Gasteiger partial charge in [-0.15, -0.1) is 0 Å². The Kier molecular flexibility index (Phi) is 5.39. The first-order valence-electron chi connectivity index (χ1n) is 9.28. The monoisotopic (exact) mass is 485 g/mol. The van der Waals surface area contributed by atoms with Crippen molar-refractivity contribution in [2.75, 3.05) is 5.32 Å². The Balaban J connectivity index is 2.10. The largest absolute Gasteiger partial charge is 0.427 e. The van der Waals surface area contributed by atoms with E-state index in [2.05, 4.69) is 15.3 Å². The van der Waals surface area contributed by atoms with Crippen LogP contribution in [0.1, 0.15) is 16.7 Å². The topological polar surface area (TPSA) is 75.1 Å². The predicted molar refractivity (Wildman–Crippen MR) is 110 cm³/mol. The normalized spacial score (nSPS) is 15.4. The SMILES string of the molecule is O=c1[nH]c(=S)n(Cc2ccncc2)c2c1C(C(F)(F)F)(C(F)(F)F)N=C(c1ccccc1)N2. The standard InChI is InChI=1S/C20H13F6N5OS/c21-19(22,23)18(20(24,25)26)13-15(28-14(30-18)12-4-2-1-3-5-12)31(17(33)29-16(13)32)10-11-6-8-27-9-7-11/h1-9H,10H2,(H,28,30)(H,29,32,33). The lowest BCUT2D eigenvalue weighted by Crippen LogP contribution is -2.58. The van der Waals surface area contributed by atoms with Gasteiger partial charge in [-0.05, 0) is 29.9 Å². The van der Waals surface area contributed by atoms with Gasteiger partial charge < -0.3 is 5.32 Å². The van der Waals surface area contributed by atoms with Gasteiger partial charge in [0.15, 0.2) is 4.77 Å². The van der Waals surface area contributed by atoms with Crippen molar-refractivity contribution < 1.29 is 26.3 Å². The minimum atomic E-state index is -5.99. The first-order valence-corrected chi connectivity index (χ1v) is 9.69. The zero-order valence-corrected chi connectivity index (χ0v) is 17.1. The minimum Gasteiger partial charge on any atom is -0.326 e. The van der Waals surface area contributed by atoms with Crippen molar-refractivity contribution in [2.45, 2.75) is 24.4 Å². The number of aliphatic imine (C=N–C) groups is 1. The average molecular weight is 485 g/mol. The molecule has 0 bridgehead atoms. The van der Waals surface area contributed by atoms with E-state index < -0.39 is 40.7 Å². The number of aromatic amines is 1. The van der Waals surface area contributed by atoms with Crippen LogP contribution in [0.5, 0.6) is 0 Å². The van der Waals surface area contributed by atoms with Gasteiger partial charge in [0.1, 0.15) is 17.2 Å². The maximum atomic E-state index is 14.2. The van der Waals surface area contributed by atoms with Gasteiger partial charge >= 0.3 is 12.4 Å². The molecule has 1 aliphatic rings. The number of rotatable bonds is 3. The lowest BCUT2D eigenvalue weighted by atomic mass is 9.87. The van der Waals surface area contributed by atoms with Crippen molar-refractivity contribution in [1.82, 2.24) is 14.5 Å². The number of pyridine rings is 1. The first-order chi connectivity index (χ1) is 15.5. The number of hydrogen-bond acceptors (Lipinski definition) is 5. The van der Waals surface area contributed by atoms with Crippen LogP contribution in [0, 0.1) is 4.77 Å². The van der Waals surface area contributed by atoms with Gasteiger partial charge in [0.25, 0.3) is 11.1 Å². The number of nitrogens with one attached hydrogen (secondary N) is 2. The van der Waals surface area contributed by atoms with Gasteiger partial charge in [0.2, 0.25) is 0 Å². The van der Waals surface area contributed by atoms with Gasteiger partial charge in [0, 0.05) is 18.0 Å². The van der Waals surface area contributed by atoms with Crippen LogP contribution in [0.25, 0.3) is 0 Å². The van der Waals surface area contributed by atoms with E-state index in [0.717, 1.165) is 4.57 Å². The number of benzene rings is 1. The molecule has 1 aromatic carbocycles. The molecule has 3 aromatic rings. The summed E-state index contributed by atoms with van der Waals surface area (Å²) in [6.45, 7) is -0.235. The lowest BCUT2D eigenvalue weighted by Gasteiger charge is -2.39. The summed E-state index contributed by atoms with van der Waals surface area (Å²) in [6.07, 6.45) is -9.19. The molecular formula is C20H13F6N5OS. The number of fused-ring (bicyclic) bond motifs is 1. The van der Waals surface area contributed by atoms with Crippen molar-refractivity contribution in [2.24, 2.45) is 4.99 Å². The van der Waals surface area contributed by atoms with Crippen LogP contribution in [-0.2, 0) is 12.1 Å². The highest BCUT2D eigenvalue weighted by molar-refractivity contribution is 7.71. The smallest absolute Gasteiger partial charge is 0.326 e. The van der Waals surface area contributed by atoms with Gasteiger partial charge in [0.05, 0.1) is 6.54 Å². The van der Waals surface area contributed by atoms with E-state index in [4.69, 9.17) is 12.2 Å². The van der Waals surface area contributed by atoms with Crippen LogP contribution < -0.4 is 10.9 Å². The fourth-order valence-electron chi connectivity index (χ4n) is 3.53. The minimum absolute atomic E-state index is 0.0392. The third kappa shape index (κ3) is 3.71. The zero-order chi connectivity index (χ0) is 24.0. The number of alkyl halides is 6. The Bertz CT molecular complexity index is 1320. The third-order valence-corrected chi connectivity index (χ3v) is 5.36. The molecule has 172 valence electrons. The molecule has 0 unspecified atom stereocenters. The summed E-state index contributed by atoms with van der Waals surface area (Å²) in [6, 6.07) is 10.0. The highest BCUT2D eigenvalue weighted by Crippen LogP contribution is 2.55. The molecule has 0 atom stereocenters. The molecule has 0 saturated carbocycles. The van der Waals surface area contributed by atoms with Crippen molar-refractivity contribution >= 4 is 23.9 Å². The first kappa shape index (κ1) is 22.7. The molecule has 0 saturated heterocycles. The molecule has 6 nitrogen and oxygen atoms in total. The van der Waals surface area contributed by atoms with Crippen LogP contribution in [-0.4, -0.2) is 32.7 Å². The number of amidine groups is 1. The van der Waals surface area contributed by atoms with Crippen molar-refractivity contribution in [3.8, 4) is 0 Å². The van der Waals surface area contributed by atoms with E-state index in [-0.39, 0.29) is 16.9 Å². The predicted octanol–water partition coefficient (Wildman–Crippen LogP) is 4.54. The second kappa shape index (κ2) is 7.83. The Labute approximate surface area is 186 Å². The van der Waals surface area contributed by atoms with E-state index in [1.807, 2.05) is 4.98 Å². The van der Waals surface area contributed by atoms with Gasteiger partial charge in [-0.1, -0.05) is 30.3 Å². The van der Waals surface area contributed by atoms with Gasteiger partial charge in [-0.25, -0.2) is 4.99 Å². The fourth-order valence-corrected chi connectivity index (χ4v) is 3.77. The van der Waals surface area contributed by atoms with Gasteiger partial charge in [-0.2, -0.15) is 26.3 Å². The molecule has 4 rings (SSSR count). The summed E-state index contributed by atoms with van der Waals surface area (Å²) in [5, 5.41) is 2.49. The van der Waals surface area contributed by atoms with E-state index in [0.29, 0.717) is 5.56 Å². The molecule has 0 spiro atoms. The van der Waals surface area contributed by atoms with Crippen molar-refractivity contribution in [3.63, 3.8) is 0 Å². The zero-order valence-electron chi connectivity index (χ0n) is 16.3. The summed E-state index contributed by atoms with van der Waals surface area (Å²) in [7, 11) is 0. The molecular weight excluding hydrogens is 472 g/mol. The Morgan fingerprint density at radius 3 is 2.15 bits per heavy atom. The second-order valence-electron chi connectivity index (χ2n) is 7.08. The molecule has 1 aliphatic heterocycles. The van der Waals surface area contributed by atoms with Crippen molar-refractivity contribution in [1.29, 1.82) is 0 Å². The van der Waals surface area contributed by atoms with Gasteiger partial charge in [-0.3, -0.25) is 19.3 Å². The van der Waals surface area contributed by atoms with Crippen LogP contribution in [0.2, 0.25) is 0 Å². The van der Waals surface area contributed by atoms with Crippen LogP contribution in [0.15, 0.2) is 64.6 Å². The maximum absolute atomic E-state index is 14.2. The highest BCUT2D eigenvalue weighted by atomic mass is 32.1. The molecule has 0 aliphatic carbocycles. The molecule has 2 aromatic heterocycles. The number of H-pyrrole nitrogens is 1. The third-order valence-electron chi connectivity index (χ3n) is 5.04. The number of halogens is 6. The molecule has 0 fully saturated rings. The molecule has 0 radical (unpaired) electrons. The summed E-state index contributed by atoms with van der Waals surface area (Å²) in [4.78, 5) is 21.4. The fraction of sp³-hybridized carbons (Fsp3) is 0.200. The van der Waals surface area contributed by atoms with Crippen molar-refractivity contribution in [3.05, 3.63) is 86.7 Å². The number of anilines is 1. The summed E-state index contributed by atoms with van der Waals surface area (Å²) >= 11 is 5.09. The lowest BCUT2D eigenvalue weighted by molar-refractivity contribution is -0.301. The Hall–Kier alpha value is -3.48. The molecule has 13 heteroatoms. The average Bonchev–Trinajstić information content (AvgIpc) is 2.75. The van der Waals surface area contributed by atoms with Crippen LogP contribution in [0.4, 0.5) is 32.2 Å². The van der Waals surface area contributed by atoms with Crippen LogP contribution in [0.3, 0.4) is 0 Å². The number of aromatic nitrogens is 3. The summed E-state index contributed by atoms with van der Waals surface area (Å²) in [5.41, 5.74) is -7.65. The van der Waals surface area contributed by atoms with E-state index in [1.54, 1.807) is 0 Å². The number of nitrogens with zero attached hydrogens (tertiary/aromatic N) is 3. The van der Waals surface area contributed by atoms with Crippen LogP contribution >= 0.6 is 12.2 Å². The van der Waals surface area contributed by atoms with E-state index >= 15 is 0 Å². The quantitative estimate of drug-likeness (QED) is 0.422. The molecule has 33 heavy (non-hydrogen) atoms. The molecule has 0 amide bonds. The highest BCUT2D eigenvalue weighted by Gasteiger charge is 2.75. The number of hydrogen-bond donors (Lipinski definition) is 2. The Morgan fingerprint density at radius 2 is 1.58 bits per heavy atom. The maximum Gasteiger partial charge on any atom is 0.427 e. The summed E-state index contributed by atoms with van der Waals surface area (Å²) in [5.74, 6) is -1.45.